The van der Waals surface area contributed by atoms with Gasteiger partial charge in [-0.3, -0.25) is 4.79 Å². The summed E-state index contributed by atoms with van der Waals surface area (Å²) in [5, 5.41) is 3.38. The third-order valence-electron chi connectivity index (χ3n) is 2.30. The van der Waals surface area contributed by atoms with Crippen LogP contribution >= 0.6 is 0 Å². The molecule has 0 heterocycles. The number of hydrogen-bond donors (Lipinski definition) is 1. The lowest BCUT2D eigenvalue weighted by molar-refractivity contribution is -0.140. The largest absolute Gasteiger partial charge is 0.469 e. The first kappa shape index (κ1) is 9.52. The van der Waals surface area contributed by atoms with Crippen molar-refractivity contribution in [1.29, 1.82) is 0 Å². The fourth-order valence-electron chi connectivity index (χ4n) is 1.23. The monoisotopic (exact) mass is 171 g/mol. The minimum Gasteiger partial charge on any atom is -0.469 e. The Morgan fingerprint density at radius 3 is 2.83 bits per heavy atom. The van der Waals surface area contributed by atoms with Gasteiger partial charge in [0.2, 0.25) is 0 Å². The molecule has 70 valence electrons. The van der Waals surface area contributed by atoms with Gasteiger partial charge < -0.3 is 10.1 Å². The van der Waals surface area contributed by atoms with Crippen molar-refractivity contribution in [3.8, 4) is 0 Å². The molecule has 1 N–H and O–H groups in total. The van der Waals surface area contributed by atoms with Crippen molar-refractivity contribution in [2.75, 3.05) is 13.7 Å². The summed E-state index contributed by atoms with van der Waals surface area (Å²) in [7, 11) is 1.43. The molecule has 1 saturated carbocycles. The molecule has 3 heteroatoms. The molecule has 0 aromatic carbocycles. The third kappa shape index (κ3) is 3.22. The maximum Gasteiger partial charge on any atom is 0.305 e. The highest BCUT2D eigenvalue weighted by Gasteiger charge is 2.31. The minimum absolute atomic E-state index is 0.111. The zero-order chi connectivity index (χ0) is 8.97. The Labute approximate surface area is 73.5 Å². The molecule has 2 unspecified atom stereocenters. The summed E-state index contributed by atoms with van der Waals surface area (Å²) in [4.78, 5) is 10.7. The van der Waals surface area contributed by atoms with Crippen molar-refractivity contribution < 1.29 is 9.53 Å². The predicted octanol–water partition coefficient (Wildman–Crippen LogP) is 0.938. The summed E-state index contributed by atoms with van der Waals surface area (Å²) < 4.78 is 4.53. The Morgan fingerprint density at radius 1 is 1.67 bits per heavy atom. The van der Waals surface area contributed by atoms with Gasteiger partial charge in [-0.05, 0) is 25.3 Å². The zero-order valence-corrected chi connectivity index (χ0v) is 7.80. The van der Waals surface area contributed by atoms with Crippen molar-refractivity contribution in [3.63, 3.8) is 0 Å². The second-order valence-corrected chi connectivity index (χ2v) is 3.45. The molecule has 1 fully saturated rings. The second kappa shape index (κ2) is 4.45. The van der Waals surface area contributed by atoms with Gasteiger partial charge in [0.25, 0.3) is 0 Å². The number of carbonyl (C=O) groups excluding carboxylic acids is 1. The van der Waals surface area contributed by atoms with E-state index < -0.39 is 0 Å². The van der Waals surface area contributed by atoms with E-state index in [0.29, 0.717) is 12.5 Å². The molecule has 0 amide bonds. The molecule has 0 radical (unpaired) electrons. The SMILES string of the molecule is COC(=O)CCCNC1CC1C. The smallest absolute Gasteiger partial charge is 0.305 e. The van der Waals surface area contributed by atoms with Gasteiger partial charge in [0.05, 0.1) is 7.11 Å². The molecule has 2 atom stereocenters. The van der Waals surface area contributed by atoms with Gasteiger partial charge in [0.1, 0.15) is 0 Å². The van der Waals surface area contributed by atoms with E-state index in [4.69, 9.17) is 0 Å². The lowest BCUT2D eigenvalue weighted by atomic mass is 10.3. The van der Waals surface area contributed by atoms with Crippen molar-refractivity contribution in [1.82, 2.24) is 5.32 Å². The highest BCUT2D eigenvalue weighted by atomic mass is 16.5. The van der Waals surface area contributed by atoms with Gasteiger partial charge in [-0.1, -0.05) is 6.92 Å². The maximum absolute atomic E-state index is 10.7. The van der Waals surface area contributed by atoms with Gasteiger partial charge in [0.15, 0.2) is 0 Å². The van der Waals surface area contributed by atoms with E-state index in [0.717, 1.165) is 18.9 Å². The molecule has 0 aromatic heterocycles. The van der Waals surface area contributed by atoms with E-state index in [1.165, 1.54) is 13.5 Å². The average molecular weight is 171 g/mol. The molecular weight excluding hydrogens is 154 g/mol. The van der Waals surface area contributed by atoms with Crippen LogP contribution in [0, 0.1) is 5.92 Å². The number of ether oxygens (including phenoxy) is 1. The maximum atomic E-state index is 10.7. The fraction of sp³-hybridized carbons (Fsp3) is 0.889. The average Bonchev–Trinajstić information content (AvgIpc) is 2.75. The van der Waals surface area contributed by atoms with Crippen LogP contribution in [0.4, 0.5) is 0 Å². The zero-order valence-electron chi connectivity index (χ0n) is 7.80. The van der Waals surface area contributed by atoms with Crippen LogP contribution in [0.15, 0.2) is 0 Å². The molecule has 3 nitrogen and oxygen atoms in total. The molecule has 0 aliphatic heterocycles. The molecule has 0 aromatic rings. The normalized spacial score (nSPS) is 26.8. The van der Waals surface area contributed by atoms with Gasteiger partial charge in [-0.2, -0.15) is 0 Å². The first-order chi connectivity index (χ1) is 5.74. The summed E-state index contributed by atoms with van der Waals surface area (Å²) in [6.45, 7) is 3.17. The Bertz CT molecular complexity index is 159. The van der Waals surface area contributed by atoms with Crippen molar-refractivity contribution >= 4 is 5.97 Å². The molecule has 0 saturated heterocycles. The van der Waals surface area contributed by atoms with Crippen LogP contribution in [0.3, 0.4) is 0 Å². The van der Waals surface area contributed by atoms with E-state index in [2.05, 4.69) is 17.0 Å². The van der Waals surface area contributed by atoms with E-state index >= 15 is 0 Å². The Morgan fingerprint density at radius 2 is 2.33 bits per heavy atom. The summed E-state index contributed by atoms with van der Waals surface area (Å²) in [5.74, 6) is 0.726. The molecule has 1 rings (SSSR count). The highest BCUT2D eigenvalue weighted by Crippen LogP contribution is 2.28. The first-order valence-corrected chi connectivity index (χ1v) is 4.54. The quantitative estimate of drug-likeness (QED) is 0.494. The van der Waals surface area contributed by atoms with Crippen molar-refractivity contribution in [2.45, 2.75) is 32.2 Å². The first-order valence-electron chi connectivity index (χ1n) is 4.54. The topological polar surface area (TPSA) is 38.3 Å². The number of carbonyl (C=O) groups is 1. The number of hydrogen-bond acceptors (Lipinski definition) is 3. The van der Waals surface area contributed by atoms with Crippen LogP contribution in [-0.2, 0) is 9.53 Å². The second-order valence-electron chi connectivity index (χ2n) is 3.45. The molecule has 1 aliphatic rings. The minimum atomic E-state index is -0.111. The Hall–Kier alpha value is -0.570. The molecular formula is C9H17NO2. The van der Waals surface area contributed by atoms with Gasteiger partial charge >= 0.3 is 5.97 Å². The van der Waals surface area contributed by atoms with Gasteiger partial charge in [0, 0.05) is 12.5 Å². The van der Waals surface area contributed by atoms with E-state index in [-0.39, 0.29) is 5.97 Å². The Balaban J connectivity index is 1.86. The number of esters is 1. The summed E-state index contributed by atoms with van der Waals surface area (Å²) >= 11 is 0. The van der Waals surface area contributed by atoms with E-state index in [9.17, 15) is 4.79 Å². The molecule has 0 spiro atoms. The van der Waals surface area contributed by atoms with E-state index in [1.54, 1.807) is 0 Å². The van der Waals surface area contributed by atoms with Crippen LogP contribution in [0.5, 0.6) is 0 Å². The number of nitrogens with one attached hydrogen (secondary N) is 1. The number of methoxy groups -OCH3 is 1. The van der Waals surface area contributed by atoms with Crippen LogP contribution in [0.1, 0.15) is 26.2 Å². The Kier molecular flexibility index (Phi) is 3.53. The van der Waals surface area contributed by atoms with Crippen LogP contribution in [0.25, 0.3) is 0 Å². The standard InChI is InChI=1S/C9H17NO2/c1-7-6-8(7)10-5-3-4-9(11)12-2/h7-8,10H,3-6H2,1-2H3. The van der Waals surface area contributed by atoms with Crippen LogP contribution in [0.2, 0.25) is 0 Å². The highest BCUT2D eigenvalue weighted by molar-refractivity contribution is 5.69. The lowest BCUT2D eigenvalue weighted by Crippen LogP contribution is -2.19. The lowest BCUT2D eigenvalue weighted by Gasteiger charge is -2.01. The summed E-state index contributed by atoms with van der Waals surface area (Å²) in [6.07, 6.45) is 2.71. The molecule has 1 aliphatic carbocycles. The molecule has 0 bridgehead atoms. The van der Waals surface area contributed by atoms with Crippen LogP contribution in [-0.4, -0.2) is 25.7 Å². The van der Waals surface area contributed by atoms with Gasteiger partial charge in [-0.15, -0.1) is 0 Å². The molecule has 12 heavy (non-hydrogen) atoms. The number of rotatable bonds is 5. The predicted molar refractivity (Wildman–Crippen MR) is 46.8 cm³/mol. The third-order valence-corrected chi connectivity index (χ3v) is 2.30. The van der Waals surface area contributed by atoms with Crippen LogP contribution < -0.4 is 5.32 Å². The summed E-state index contributed by atoms with van der Waals surface area (Å²) in [6, 6.07) is 0.711. The van der Waals surface area contributed by atoms with E-state index in [1.807, 2.05) is 0 Å². The summed E-state index contributed by atoms with van der Waals surface area (Å²) in [5.41, 5.74) is 0. The van der Waals surface area contributed by atoms with Crippen molar-refractivity contribution in [3.05, 3.63) is 0 Å². The van der Waals surface area contributed by atoms with Gasteiger partial charge in [-0.25, -0.2) is 0 Å². The van der Waals surface area contributed by atoms with Crippen molar-refractivity contribution in [2.24, 2.45) is 5.92 Å². The fourth-order valence-corrected chi connectivity index (χ4v) is 1.23.